The summed E-state index contributed by atoms with van der Waals surface area (Å²) in [5.74, 6) is 1.90. The molecule has 2 aliphatic rings. The number of hydrogen-bond acceptors (Lipinski definition) is 3. The largest absolute Gasteiger partial charge is 0.389 e. The molecule has 1 heterocycles. The van der Waals surface area contributed by atoms with Crippen LogP contribution in [0.2, 0.25) is 0 Å². The van der Waals surface area contributed by atoms with Crippen LogP contribution < -0.4 is 5.73 Å². The van der Waals surface area contributed by atoms with E-state index in [0.717, 1.165) is 25.4 Å². The Hall–Kier alpha value is -0.120. The second kappa shape index (κ2) is 7.05. The summed E-state index contributed by atoms with van der Waals surface area (Å²) in [5.41, 5.74) is 6.22. The Morgan fingerprint density at radius 2 is 1.84 bits per heavy atom. The molecule has 1 aliphatic carbocycles. The van der Waals surface area contributed by atoms with Crippen molar-refractivity contribution < 1.29 is 9.84 Å². The zero-order chi connectivity index (χ0) is 13.8. The molecule has 2 fully saturated rings. The Balaban J connectivity index is 1.76. The monoisotopic (exact) mass is 269 g/mol. The third kappa shape index (κ3) is 4.17. The van der Waals surface area contributed by atoms with Crippen LogP contribution >= 0.6 is 0 Å². The molecular weight excluding hydrogens is 238 g/mol. The maximum Gasteiger partial charge on any atom is 0.0955 e. The van der Waals surface area contributed by atoms with Crippen LogP contribution in [0.25, 0.3) is 0 Å². The summed E-state index contributed by atoms with van der Waals surface area (Å²) in [4.78, 5) is 0. The van der Waals surface area contributed by atoms with Crippen molar-refractivity contribution in [1.82, 2.24) is 0 Å². The van der Waals surface area contributed by atoms with Gasteiger partial charge in [0.25, 0.3) is 0 Å². The summed E-state index contributed by atoms with van der Waals surface area (Å²) in [6, 6.07) is -0.108. The highest BCUT2D eigenvalue weighted by molar-refractivity contribution is 4.91. The Morgan fingerprint density at radius 3 is 2.37 bits per heavy atom. The highest BCUT2D eigenvalue weighted by atomic mass is 16.5. The van der Waals surface area contributed by atoms with Crippen molar-refractivity contribution in [1.29, 1.82) is 0 Å². The second-order valence-electron chi connectivity index (χ2n) is 7.08. The molecule has 3 heteroatoms. The van der Waals surface area contributed by atoms with E-state index in [1.165, 1.54) is 32.1 Å². The van der Waals surface area contributed by atoms with Gasteiger partial charge in [-0.05, 0) is 24.7 Å². The van der Waals surface area contributed by atoms with E-state index in [-0.39, 0.29) is 12.1 Å². The van der Waals surface area contributed by atoms with E-state index in [1.807, 2.05) is 0 Å². The first-order valence-electron chi connectivity index (χ1n) is 8.13. The van der Waals surface area contributed by atoms with E-state index >= 15 is 0 Å². The maximum absolute atomic E-state index is 10.4. The molecule has 112 valence electrons. The van der Waals surface area contributed by atoms with E-state index in [0.29, 0.717) is 11.8 Å². The lowest BCUT2D eigenvalue weighted by atomic mass is 9.79. The highest BCUT2D eigenvalue weighted by Gasteiger charge is 2.40. The molecule has 1 saturated carbocycles. The van der Waals surface area contributed by atoms with E-state index in [9.17, 15) is 5.11 Å². The SMILES string of the molecule is CC(C)C[C@H]1CO[C@@H]1[C@H](O)[C@@H](N)CC1CCCCC1. The molecule has 0 aromatic rings. The van der Waals surface area contributed by atoms with Gasteiger partial charge < -0.3 is 15.6 Å². The smallest absolute Gasteiger partial charge is 0.0955 e. The summed E-state index contributed by atoms with van der Waals surface area (Å²) >= 11 is 0. The van der Waals surface area contributed by atoms with E-state index < -0.39 is 6.10 Å². The Bertz CT molecular complexity index is 263. The van der Waals surface area contributed by atoms with E-state index in [2.05, 4.69) is 13.8 Å². The Kier molecular flexibility index (Phi) is 5.67. The highest BCUT2D eigenvalue weighted by Crippen LogP contribution is 2.33. The summed E-state index contributed by atoms with van der Waals surface area (Å²) in [7, 11) is 0. The van der Waals surface area contributed by atoms with E-state index in [1.54, 1.807) is 0 Å². The molecule has 19 heavy (non-hydrogen) atoms. The summed E-state index contributed by atoms with van der Waals surface area (Å²) < 4.78 is 5.59. The normalized spacial score (nSPS) is 32.1. The maximum atomic E-state index is 10.4. The van der Waals surface area contributed by atoms with Crippen LogP contribution in [0.5, 0.6) is 0 Å². The van der Waals surface area contributed by atoms with Gasteiger partial charge in [0.1, 0.15) is 0 Å². The van der Waals surface area contributed by atoms with Gasteiger partial charge in [0.05, 0.1) is 18.8 Å². The van der Waals surface area contributed by atoms with Crippen molar-refractivity contribution in [2.24, 2.45) is 23.5 Å². The minimum absolute atomic E-state index is 0.0130. The van der Waals surface area contributed by atoms with Gasteiger partial charge >= 0.3 is 0 Å². The molecule has 4 atom stereocenters. The van der Waals surface area contributed by atoms with Crippen LogP contribution in [-0.2, 0) is 4.74 Å². The third-order valence-corrected chi connectivity index (χ3v) is 4.85. The fourth-order valence-corrected chi connectivity index (χ4v) is 3.72. The van der Waals surface area contributed by atoms with Crippen LogP contribution in [0.15, 0.2) is 0 Å². The van der Waals surface area contributed by atoms with Crippen molar-refractivity contribution in [2.45, 2.75) is 77.0 Å². The number of aliphatic hydroxyl groups excluding tert-OH is 1. The Labute approximate surface area is 117 Å². The lowest BCUT2D eigenvalue weighted by Gasteiger charge is -2.43. The zero-order valence-corrected chi connectivity index (χ0v) is 12.6. The first-order chi connectivity index (χ1) is 9.08. The fraction of sp³-hybridized carbons (Fsp3) is 1.00. The minimum atomic E-state index is -0.473. The van der Waals surface area contributed by atoms with Crippen LogP contribution in [0.1, 0.15) is 58.8 Å². The van der Waals surface area contributed by atoms with Crippen LogP contribution in [0.4, 0.5) is 0 Å². The Morgan fingerprint density at radius 1 is 1.16 bits per heavy atom. The molecule has 3 N–H and O–H groups in total. The average Bonchev–Trinajstić information content (AvgIpc) is 2.35. The minimum Gasteiger partial charge on any atom is -0.389 e. The van der Waals surface area contributed by atoms with Gasteiger partial charge in [-0.2, -0.15) is 0 Å². The van der Waals surface area contributed by atoms with Gasteiger partial charge in [0.15, 0.2) is 0 Å². The van der Waals surface area contributed by atoms with Gasteiger partial charge in [0, 0.05) is 12.0 Å². The molecule has 1 saturated heterocycles. The average molecular weight is 269 g/mol. The second-order valence-corrected chi connectivity index (χ2v) is 7.08. The summed E-state index contributed by atoms with van der Waals surface area (Å²) in [6.45, 7) is 5.25. The van der Waals surface area contributed by atoms with Crippen LogP contribution in [0.3, 0.4) is 0 Å². The first-order valence-corrected chi connectivity index (χ1v) is 8.13. The van der Waals surface area contributed by atoms with Gasteiger partial charge in [-0.25, -0.2) is 0 Å². The molecule has 3 nitrogen and oxygen atoms in total. The fourth-order valence-electron chi connectivity index (χ4n) is 3.72. The van der Waals surface area contributed by atoms with Crippen LogP contribution in [0, 0.1) is 17.8 Å². The molecule has 0 unspecified atom stereocenters. The van der Waals surface area contributed by atoms with Crippen molar-refractivity contribution in [3.05, 3.63) is 0 Å². The molecule has 0 radical (unpaired) electrons. The zero-order valence-electron chi connectivity index (χ0n) is 12.6. The van der Waals surface area contributed by atoms with Crippen LogP contribution in [-0.4, -0.2) is 30.0 Å². The van der Waals surface area contributed by atoms with Crippen molar-refractivity contribution in [3.8, 4) is 0 Å². The van der Waals surface area contributed by atoms with Gasteiger partial charge in [-0.1, -0.05) is 46.0 Å². The van der Waals surface area contributed by atoms with Gasteiger partial charge in [-0.3, -0.25) is 0 Å². The van der Waals surface area contributed by atoms with Crippen molar-refractivity contribution in [2.75, 3.05) is 6.61 Å². The topological polar surface area (TPSA) is 55.5 Å². The molecule has 0 amide bonds. The number of hydrogen-bond donors (Lipinski definition) is 2. The van der Waals surface area contributed by atoms with Crippen molar-refractivity contribution in [3.63, 3.8) is 0 Å². The summed E-state index contributed by atoms with van der Waals surface area (Å²) in [5, 5.41) is 10.4. The predicted octanol–water partition coefficient (Wildman–Crippen LogP) is 2.71. The first kappa shape index (κ1) is 15.3. The lowest BCUT2D eigenvalue weighted by molar-refractivity contribution is -0.177. The number of nitrogens with two attached hydrogens (primary N) is 1. The van der Waals surface area contributed by atoms with Gasteiger partial charge in [0.2, 0.25) is 0 Å². The standard InChI is InChI=1S/C16H31NO2/c1-11(2)8-13-10-19-16(13)15(18)14(17)9-12-6-4-3-5-7-12/h11-16,18H,3-10,17H2,1-2H3/t13-,14-,15+,16-/m0/s1. The number of ether oxygens (including phenoxy) is 1. The third-order valence-electron chi connectivity index (χ3n) is 4.85. The summed E-state index contributed by atoms with van der Waals surface area (Å²) in [6.07, 6.45) is 8.25. The number of aliphatic hydroxyl groups is 1. The predicted molar refractivity (Wildman–Crippen MR) is 77.9 cm³/mol. The molecule has 0 aromatic heterocycles. The lowest BCUT2D eigenvalue weighted by Crippen LogP contribution is -2.55. The molecular formula is C16H31NO2. The molecule has 0 bridgehead atoms. The molecule has 0 spiro atoms. The van der Waals surface area contributed by atoms with Gasteiger partial charge in [-0.15, -0.1) is 0 Å². The molecule has 2 rings (SSSR count). The van der Waals surface area contributed by atoms with Crippen molar-refractivity contribution >= 4 is 0 Å². The molecule has 1 aliphatic heterocycles. The van der Waals surface area contributed by atoms with E-state index in [4.69, 9.17) is 10.5 Å². The number of rotatable bonds is 6. The molecule has 0 aromatic carbocycles. The quantitative estimate of drug-likeness (QED) is 0.779.